The van der Waals surface area contributed by atoms with Crippen molar-refractivity contribution in [1.82, 2.24) is 0 Å². The molecule has 1 aliphatic heterocycles. The molecule has 88 valence electrons. The highest BCUT2D eigenvalue weighted by Crippen LogP contribution is 2.57. The fraction of sp³-hybridized carbons (Fsp3) is 1.00. The van der Waals surface area contributed by atoms with Gasteiger partial charge < -0.3 is 4.74 Å². The summed E-state index contributed by atoms with van der Waals surface area (Å²) in [7, 11) is -3.58. The molecule has 1 saturated heterocycles. The van der Waals surface area contributed by atoms with Gasteiger partial charge in [-0.1, -0.05) is 0 Å². The zero-order chi connectivity index (χ0) is 11.3. The Balaban J connectivity index is 1.92. The Kier molecular flexibility index (Phi) is 2.33. The molecule has 1 heterocycles. The number of nitrogens with two attached hydrogens (primary N) is 1. The third-order valence-electron chi connectivity index (χ3n) is 2.97. The van der Waals surface area contributed by atoms with Crippen LogP contribution in [0.3, 0.4) is 0 Å². The minimum Gasteiger partial charge on any atom is -0.377 e. The van der Waals surface area contributed by atoms with E-state index in [0.29, 0.717) is 6.42 Å². The molecule has 1 atom stereocenters. The minimum atomic E-state index is -3.58. The molecule has 0 aromatic heterocycles. The largest absolute Gasteiger partial charge is 0.377 e. The number of ether oxygens (including phenoxy) is 1. The molecule has 0 aromatic carbocycles. The Morgan fingerprint density at radius 1 is 1.40 bits per heavy atom. The Morgan fingerprint density at radius 2 is 2.00 bits per heavy atom. The summed E-state index contributed by atoms with van der Waals surface area (Å²) in [6.45, 7) is 0.225. The number of alkyl halides is 2. The molecule has 4 nitrogen and oxygen atoms in total. The van der Waals surface area contributed by atoms with Crippen molar-refractivity contribution in [2.75, 3.05) is 12.4 Å². The summed E-state index contributed by atoms with van der Waals surface area (Å²) in [5.41, 5.74) is -0.501. The van der Waals surface area contributed by atoms with Crippen molar-refractivity contribution in [3.8, 4) is 0 Å². The monoisotopic (exact) mass is 241 g/mol. The van der Waals surface area contributed by atoms with Gasteiger partial charge in [0.1, 0.15) is 0 Å². The van der Waals surface area contributed by atoms with E-state index in [-0.39, 0.29) is 25.2 Å². The minimum absolute atomic E-state index is 0.193. The number of halogens is 2. The van der Waals surface area contributed by atoms with Crippen molar-refractivity contribution < 1.29 is 21.9 Å². The van der Waals surface area contributed by atoms with Gasteiger partial charge in [0, 0.05) is 18.3 Å². The molecule has 0 aromatic rings. The number of primary sulfonamides is 1. The molecule has 15 heavy (non-hydrogen) atoms. The number of hydrogen-bond acceptors (Lipinski definition) is 3. The van der Waals surface area contributed by atoms with E-state index in [1.165, 1.54) is 0 Å². The lowest BCUT2D eigenvalue weighted by atomic mass is 9.65. The second-order valence-electron chi connectivity index (χ2n) is 4.68. The van der Waals surface area contributed by atoms with Crippen LogP contribution in [-0.2, 0) is 14.8 Å². The van der Waals surface area contributed by atoms with Crippen molar-refractivity contribution in [1.29, 1.82) is 0 Å². The SMILES string of the molecule is NS(=O)(=O)CC1CC2(CO1)CC(F)(F)C2. The lowest BCUT2D eigenvalue weighted by molar-refractivity contribution is -0.160. The van der Waals surface area contributed by atoms with E-state index in [1.807, 2.05) is 0 Å². The van der Waals surface area contributed by atoms with Crippen LogP contribution < -0.4 is 5.14 Å². The van der Waals surface area contributed by atoms with E-state index in [9.17, 15) is 17.2 Å². The standard InChI is InChI=1S/C8H13F2NO3S/c9-8(10)3-7(4-8)1-6(14-5-7)2-15(11,12)13/h6H,1-5H2,(H2,11,12,13). The fourth-order valence-electron chi connectivity index (χ4n) is 2.55. The first-order valence-electron chi connectivity index (χ1n) is 4.70. The van der Waals surface area contributed by atoms with Crippen LogP contribution in [-0.4, -0.2) is 32.8 Å². The predicted molar refractivity (Wildman–Crippen MR) is 48.9 cm³/mol. The maximum absolute atomic E-state index is 12.7. The average Bonchev–Trinajstić information content (AvgIpc) is 2.25. The van der Waals surface area contributed by atoms with Gasteiger partial charge in [-0.25, -0.2) is 22.3 Å². The summed E-state index contributed by atoms with van der Waals surface area (Å²) in [5.74, 6) is -2.87. The Hall–Kier alpha value is -0.270. The summed E-state index contributed by atoms with van der Waals surface area (Å²) < 4.78 is 52.2. The molecule has 1 spiro atoms. The van der Waals surface area contributed by atoms with Gasteiger partial charge in [-0.15, -0.1) is 0 Å². The van der Waals surface area contributed by atoms with Crippen LogP contribution in [0.2, 0.25) is 0 Å². The predicted octanol–water partition coefficient (Wildman–Crippen LogP) is 0.479. The van der Waals surface area contributed by atoms with Gasteiger partial charge in [-0.3, -0.25) is 0 Å². The quantitative estimate of drug-likeness (QED) is 0.764. The maximum atomic E-state index is 12.7. The summed E-state index contributed by atoms with van der Waals surface area (Å²) >= 11 is 0. The maximum Gasteiger partial charge on any atom is 0.249 e. The molecular weight excluding hydrogens is 228 g/mol. The topological polar surface area (TPSA) is 69.4 Å². The summed E-state index contributed by atoms with van der Waals surface area (Å²) in [6, 6.07) is 0. The van der Waals surface area contributed by atoms with Crippen LogP contribution >= 0.6 is 0 Å². The lowest BCUT2D eigenvalue weighted by Crippen LogP contribution is -2.46. The fourth-order valence-corrected chi connectivity index (χ4v) is 3.29. The van der Waals surface area contributed by atoms with Crippen LogP contribution in [0.4, 0.5) is 8.78 Å². The van der Waals surface area contributed by atoms with Crippen LogP contribution in [0.5, 0.6) is 0 Å². The van der Waals surface area contributed by atoms with Crippen LogP contribution in [0.25, 0.3) is 0 Å². The molecule has 2 fully saturated rings. The molecular formula is C8H13F2NO3S. The van der Waals surface area contributed by atoms with E-state index in [2.05, 4.69) is 0 Å². The first-order chi connectivity index (χ1) is 6.70. The first-order valence-corrected chi connectivity index (χ1v) is 6.41. The Morgan fingerprint density at radius 3 is 2.47 bits per heavy atom. The highest BCUT2D eigenvalue weighted by molar-refractivity contribution is 7.89. The molecule has 7 heteroatoms. The highest BCUT2D eigenvalue weighted by atomic mass is 32.2. The Bertz CT molecular complexity index is 360. The van der Waals surface area contributed by atoms with Crippen molar-refractivity contribution in [2.45, 2.75) is 31.3 Å². The van der Waals surface area contributed by atoms with Gasteiger partial charge in [-0.05, 0) is 6.42 Å². The third-order valence-corrected chi connectivity index (χ3v) is 3.81. The molecule has 0 amide bonds. The van der Waals surface area contributed by atoms with Gasteiger partial charge in [0.05, 0.1) is 18.5 Å². The summed E-state index contributed by atoms with van der Waals surface area (Å²) in [5, 5.41) is 4.86. The number of rotatable bonds is 2. The molecule has 2 N–H and O–H groups in total. The highest BCUT2D eigenvalue weighted by Gasteiger charge is 2.59. The van der Waals surface area contributed by atoms with Crippen molar-refractivity contribution >= 4 is 10.0 Å². The third kappa shape index (κ3) is 2.46. The number of hydrogen-bond donors (Lipinski definition) is 1. The molecule has 2 rings (SSSR count). The molecule has 0 radical (unpaired) electrons. The molecule has 1 aliphatic carbocycles. The van der Waals surface area contributed by atoms with Gasteiger partial charge in [0.15, 0.2) is 0 Å². The van der Waals surface area contributed by atoms with Gasteiger partial charge >= 0.3 is 0 Å². The van der Waals surface area contributed by atoms with E-state index in [0.717, 1.165) is 0 Å². The van der Waals surface area contributed by atoms with E-state index >= 15 is 0 Å². The van der Waals surface area contributed by atoms with Crippen molar-refractivity contribution in [3.05, 3.63) is 0 Å². The van der Waals surface area contributed by atoms with Crippen molar-refractivity contribution in [3.63, 3.8) is 0 Å². The van der Waals surface area contributed by atoms with E-state index in [4.69, 9.17) is 9.88 Å². The molecule has 0 bridgehead atoms. The first kappa shape index (κ1) is 11.2. The van der Waals surface area contributed by atoms with Crippen LogP contribution in [0.15, 0.2) is 0 Å². The van der Waals surface area contributed by atoms with Gasteiger partial charge in [0.2, 0.25) is 15.9 Å². The molecule has 1 saturated carbocycles. The number of sulfonamides is 1. The van der Waals surface area contributed by atoms with E-state index < -0.39 is 27.5 Å². The molecule has 1 unspecified atom stereocenters. The van der Waals surface area contributed by atoms with E-state index in [1.54, 1.807) is 0 Å². The van der Waals surface area contributed by atoms with Gasteiger partial charge in [0.25, 0.3) is 0 Å². The molecule has 2 aliphatic rings. The van der Waals surface area contributed by atoms with Gasteiger partial charge in [-0.2, -0.15) is 0 Å². The second-order valence-corrected chi connectivity index (χ2v) is 6.34. The Labute approximate surface area is 86.8 Å². The smallest absolute Gasteiger partial charge is 0.249 e. The zero-order valence-electron chi connectivity index (χ0n) is 8.08. The summed E-state index contributed by atoms with van der Waals surface area (Å²) in [6.07, 6.45) is -0.530. The average molecular weight is 241 g/mol. The van der Waals surface area contributed by atoms with Crippen LogP contribution in [0.1, 0.15) is 19.3 Å². The normalized spacial score (nSPS) is 32.9. The summed E-state index contributed by atoms with van der Waals surface area (Å²) in [4.78, 5) is 0. The zero-order valence-corrected chi connectivity index (χ0v) is 8.90. The second kappa shape index (κ2) is 3.11. The van der Waals surface area contributed by atoms with Crippen LogP contribution in [0, 0.1) is 5.41 Å². The lowest BCUT2D eigenvalue weighted by Gasteiger charge is -2.43. The van der Waals surface area contributed by atoms with Crippen molar-refractivity contribution in [2.24, 2.45) is 10.6 Å².